The van der Waals surface area contributed by atoms with Crippen LogP contribution in [0, 0.1) is 16.7 Å². The molecule has 0 amide bonds. The van der Waals surface area contributed by atoms with Crippen molar-refractivity contribution in [3.8, 4) is 17.2 Å². The minimum absolute atomic E-state index is 0.109. The molecule has 3 heteroatoms. The second-order valence-electron chi connectivity index (χ2n) is 9.46. The standard InChI is InChI=1S/C28H39N3/c1-3-5-6-7-8-9-10-23-11-13-24(14-12-23)26-20-30-27(31-21-26)25-15-18-28(22-29,17-4-2)19-16-25/h11-14,20-21,25H,3-10,15-19H2,1-2H3. The average Bonchev–Trinajstić information content (AvgIpc) is 2.82. The highest BCUT2D eigenvalue weighted by Gasteiger charge is 2.35. The molecule has 3 nitrogen and oxygen atoms in total. The molecular weight excluding hydrogens is 378 g/mol. The first-order chi connectivity index (χ1) is 15.2. The van der Waals surface area contributed by atoms with Crippen molar-refractivity contribution in [1.29, 1.82) is 5.26 Å². The van der Waals surface area contributed by atoms with Gasteiger partial charge in [-0.3, -0.25) is 0 Å². The van der Waals surface area contributed by atoms with Crippen molar-refractivity contribution in [3.05, 3.63) is 48.0 Å². The Morgan fingerprint density at radius 1 is 0.871 bits per heavy atom. The molecule has 1 aromatic heterocycles. The maximum absolute atomic E-state index is 9.62. The normalized spacial score (nSPS) is 21.0. The van der Waals surface area contributed by atoms with E-state index in [-0.39, 0.29) is 5.41 Å². The van der Waals surface area contributed by atoms with Crippen LogP contribution in [0.2, 0.25) is 0 Å². The predicted molar refractivity (Wildman–Crippen MR) is 129 cm³/mol. The van der Waals surface area contributed by atoms with E-state index in [1.807, 2.05) is 12.4 Å². The Bertz CT molecular complexity index is 809. The molecule has 0 atom stereocenters. The van der Waals surface area contributed by atoms with Crippen molar-refractivity contribution >= 4 is 0 Å². The molecule has 1 aliphatic carbocycles. The third-order valence-corrected chi connectivity index (χ3v) is 7.05. The molecule has 0 N–H and O–H groups in total. The maximum Gasteiger partial charge on any atom is 0.131 e. The summed E-state index contributed by atoms with van der Waals surface area (Å²) in [6.07, 6.45) is 19.3. The van der Waals surface area contributed by atoms with E-state index in [2.05, 4.69) is 44.2 Å². The summed E-state index contributed by atoms with van der Waals surface area (Å²) in [7, 11) is 0. The molecule has 0 aliphatic heterocycles. The van der Waals surface area contributed by atoms with Gasteiger partial charge in [-0.15, -0.1) is 0 Å². The zero-order valence-corrected chi connectivity index (χ0v) is 19.6. The lowest BCUT2D eigenvalue weighted by Crippen LogP contribution is -2.25. The van der Waals surface area contributed by atoms with Gasteiger partial charge in [-0.25, -0.2) is 9.97 Å². The van der Waals surface area contributed by atoms with E-state index in [0.29, 0.717) is 5.92 Å². The van der Waals surface area contributed by atoms with E-state index in [1.54, 1.807) is 0 Å². The highest BCUT2D eigenvalue weighted by atomic mass is 14.9. The Labute approximate surface area is 189 Å². The highest BCUT2D eigenvalue weighted by molar-refractivity contribution is 5.61. The number of unbranched alkanes of at least 4 members (excludes halogenated alkanes) is 5. The smallest absolute Gasteiger partial charge is 0.131 e. The third kappa shape index (κ3) is 6.63. The van der Waals surface area contributed by atoms with Gasteiger partial charge in [-0.2, -0.15) is 5.26 Å². The van der Waals surface area contributed by atoms with Gasteiger partial charge in [-0.1, -0.05) is 76.6 Å². The van der Waals surface area contributed by atoms with Crippen molar-refractivity contribution in [1.82, 2.24) is 9.97 Å². The van der Waals surface area contributed by atoms with E-state index in [0.717, 1.165) is 49.9 Å². The van der Waals surface area contributed by atoms with Crippen LogP contribution < -0.4 is 0 Å². The second kappa shape index (κ2) is 12.0. The minimum Gasteiger partial charge on any atom is -0.240 e. The minimum atomic E-state index is -0.109. The quantitative estimate of drug-likeness (QED) is 0.348. The van der Waals surface area contributed by atoms with E-state index >= 15 is 0 Å². The molecule has 1 fully saturated rings. The summed E-state index contributed by atoms with van der Waals surface area (Å²) in [5.41, 5.74) is 3.59. The van der Waals surface area contributed by atoms with Gasteiger partial charge in [0, 0.05) is 23.9 Å². The Morgan fingerprint density at radius 2 is 1.52 bits per heavy atom. The molecule has 0 saturated heterocycles. The SMILES string of the molecule is CCCCCCCCc1ccc(-c2cnc(C3CCC(C#N)(CCC)CC3)nc2)cc1. The van der Waals surface area contributed by atoms with Gasteiger partial charge in [0.1, 0.15) is 5.82 Å². The van der Waals surface area contributed by atoms with Crippen LogP contribution in [0.3, 0.4) is 0 Å². The van der Waals surface area contributed by atoms with Gasteiger partial charge >= 0.3 is 0 Å². The Morgan fingerprint density at radius 3 is 2.13 bits per heavy atom. The average molecular weight is 418 g/mol. The molecule has 166 valence electrons. The van der Waals surface area contributed by atoms with Gasteiger partial charge in [-0.05, 0) is 56.1 Å². The largest absolute Gasteiger partial charge is 0.240 e. The van der Waals surface area contributed by atoms with E-state index in [4.69, 9.17) is 9.97 Å². The van der Waals surface area contributed by atoms with Crippen molar-refractivity contribution in [2.75, 3.05) is 0 Å². The summed E-state index contributed by atoms with van der Waals surface area (Å²) in [5, 5.41) is 9.62. The Hall–Kier alpha value is -2.21. The first kappa shape index (κ1) is 23.5. The number of aryl methyl sites for hydroxylation is 1. The molecule has 1 heterocycles. The molecule has 0 bridgehead atoms. The molecular formula is C28H39N3. The molecule has 0 spiro atoms. The fourth-order valence-corrected chi connectivity index (χ4v) is 5.00. The second-order valence-corrected chi connectivity index (χ2v) is 9.46. The lowest BCUT2D eigenvalue weighted by atomic mass is 9.69. The Kier molecular flexibility index (Phi) is 9.07. The van der Waals surface area contributed by atoms with Crippen LogP contribution in [0.25, 0.3) is 11.1 Å². The number of hydrogen-bond donors (Lipinski definition) is 0. The topological polar surface area (TPSA) is 49.6 Å². The fraction of sp³-hybridized carbons (Fsp3) is 0.607. The highest BCUT2D eigenvalue weighted by Crippen LogP contribution is 2.44. The van der Waals surface area contributed by atoms with Gasteiger partial charge < -0.3 is 0 Å². The van der Waals surface area contributed by atoms with Crippen LogP contribution in [-0.4, -0.2) is 9.97 Å². The summed E-state index contributed by atoms with van der Waals surface area (Å²) in [4.78, 5) is 9.42. The van der Waals surface area contributed by atoms with Crippen LogP contribution in [0.5, 0.6) is 0 Å². The monoisotopic (exact) mass is 417 g/mol. The number of benzene rings is 1. The molecule has 31 heavy (non-hydrogen) atoms. The lowest BCUT2D eigenvalue weighted by molar-refractivity contribution is 0.224. The van der Waals surface area contributed by atoms with Crippen LogP contribution in [-0.2, 0) is 6.42 Å². The third-order valence-electron chi connectivity index (χ3n) is 7.05. The summed E-state index contributed by atoms with van der Waals surface area (Å²) in [6.45, 7) is 4.44. The maximum atomic E-state index is 9.62. The van der Waals surface area contributed by atoms with Crippen molar-refractivity contribution in [3.63, 3.8) is 0 Å². The number of nitriles is 1. The zero-order chi connectivity index (χ0) is 21.9. The van der Waals surface area contributed by atoms with E-state index in [1.165, 1.54) is 56.1 Å². The fourth-order valence-electron chi connectivity index (χ4n) is 5.00. The number of hydrogen-bond acceptors (Lipinski definition) is 3. The van der Waals surface area contributed by atoms with Crippen LogP contribution in [0.15, 0.2) is 36.7 Å². The molecule has 1 saturated carbocycles. The van der Waals surface area contributed by atoms with Gasteiger partial charge in [0.05, 0.1) is 11.5 Å². The van der Waals surface area contributed by atoms with Crippen molar-refractivity contribution < 1.29 is 0 Å². The van der Waals surface area contributed by atoms with Crippen molar-refractivity contribution in [2.45, 2.75) is 103 Å². The molecule has 3 rings (SSSR count). The molecule has 1 aromatic carbocycles. The Balaban J connectivity index is 1.51. The van der Waals surface area contributed by atoms with Gasteiger partial charge in [0.15, 0.2) is 0 Å². The lowest BCUT2D eigenvalue weighted by Gasteiger charge is -2.34. The van der Waals surface area contributed by atoms with Crippen LogP contribution >= 0.6 is 0 Å². The zero-order valence-electron chi connectivity index (χ0n) is 19.6. The predicted octanol–water partition coefficient (Wildman–Crippen LogP) is 8.01. The van der Waals surface area contributed by atoms with E-state index in [9.17, 15) is 5.26 Å². The number of nitrogens with zero attached hydrogens (tertiary/aromatic N) is 3. The van der Waals surface area contributed by atoms with Crippen LogP contribution in [0.1, 0.15) is 108 Å². The summed E-state index contributed by atoms with van der Waals surface area (Å²) >= 11 is 0. The molecule has 2 aromatic rings. The molecule has 0 unspecified atom stereocenters. The summed E-state index contributed by atoms with van der Waals surface area (Å²) < 4.78 is 0. The van der Waals surface area contributed by atoms with Gasteiger partial charge in [0.25, 0.3) is 0 Å². The van der Waals surface area contributed by atoms with Gasteiger partial charge in [0.2, 0.25) is 0 Å². The molecule has 1 aliphatic rings. The first-order valence-corrected chi connectivity index (χ1v) is 12.5. The first-order valence-electron chi connectivity index (χ1n) is 12.5. The van der Waals surface area contributed by atoms with Crippen molar-refractivity contribution in [2.24, 2.45) is 5.41 Å². The summed E-state index contributed by atoms with van der Waals surface area (Å²) in [6, 6.07) is 11.5. The summed E-state index contributed by atoms with van der Waals surface area (Å²) in [5.74, 6) is 1.35. The van der Waals surface area contributed by atoms with E-state index < -0.39 is 0 Å². The molecule has 0 radical (unpaired) electrons. The number of aromatic nitrogens is 2. The number of rotatable bonds is 11. The van der Waals surface area contributed by atoms with Crippen LogP contribution in [0.4, 0.5) is 0 Å².